The van der Waals surface area contributed by atoms with Crippen LogP contribution in [0, 0.1) is 5.92 Å². The summed E-state index contributed by atoms with van der Waals surface area (Å²) in [5.74, 6) is -0.793. The fraction of sp³-hybridized carbons (Fsp3) is 0.304. The molecule has 10 heteroatoms. The van der Waals surface area contributed by atoms with E-state index in [-0.39, 0.29) is 23.6 Å². The normalized spacial score (nSPS) is 13.9. The number of amides is 1. The summed E-state index contributed by atoms with van der Waals surface area (Å²) in [5.41, 5.74) is 6.41. The van der Waals surface area contributed by atoms with Gasteiger partial charge in [0.1, 0.15) is 17.2 Å². The predicted molar refractivity (Wildman–Crippen MR) is 114 cm³/mol. The Morgan fingerprint density at radius 3 is 2.36 bits per heavy atom. The number of hydrogen-bond acceptors (Lipinski definition) is 6. The van der Waals surface area contributed by atoms with E-state index in [4.69, 9.17) is 15.2 Å². The molecule has 2 aromatic carbocycles. The molecule has 1 fully saturated rings. The number of esters is 1. The zero-order chi connectivity index (χ0) is 24.0. The summed E-state index contributed by atoms with van der Waals surface area (Å²) in [6.07, 6.45) is -1.27. The lowest BCUT2D eigenvalue weighted by atomic mass is 10.1. The monoisotopic (exact) mass is 464 g/mol. The molecule has 0 bridgehead atoms. The zero-order valence-corrected chi connectivity index (χ0v) is 17.8. The van der Waals surface area contributed by atoms with E-state index in [0.717, 1.165) is 25.0 Å². The molecule has 176 valence electrons. The second-order valence-electron chi connectivity index (χ2n) is 7.35. The van der Waals surface area contributed by atoms with Crippen molar-refractivity contribution in [3.8, 4) is 11.5 Å². The molecular formula is C23H23F3N2O5. The van der Waals surface area contributed by atoms with Crippen LogP contribution in [0.2, 0.25) is 0 Å². The van der Waals surface area contributed by atoms with E-state index in [1.807, 2.05) is 0 Å². The smallest absolute Gasteiger partial charge is 0.493 e. The number of nitrogen functional groups attached to an aromatic ring is 1. The van der Waals surface area contributed by atoms with Gasteiger partial charge in [0, 0.05) is 11.8 Å². The number of carbonyl (C=O) groups excluding carboxylic acids is 2. The quantitative estimate of drug-likeness (QED) is 0.326. The molecule has 0 saturated heterocycles. The van der Waals surface area contributed by atoms with Gasteiger partial charge in [0.05, 0.1) is 18.8 Å². The van der Waals surface area contributed by atoms with Crippen LogP contribution in [0.4, 0.5) is 18.9 Å². The molecule has 0 spiro atoms. The second kappa shape index (κ2) is 10.3. The van der Waals surface area contributed by atoms with Crippen LogP contribution in [0.1, 0.15) is 35.7 Å². The molecule has 1 saturated carbocycles. The summed E-state index contributed by atoms with van der Waals surface area (Å²) in [6, 6.07) is 9.40. The second-order valence-corrected chi connectivity index (χ2v) is 7.35. The zero-order valence-electron chi connectivity index (χ0n) is 17.8. The largest absolute Gasteiger partial charge is 0.573 e. The average molecular weight is 464 g/mol. The van der Waals surface area contributed by atoms with Gasteiger partial charge in [0.25, 0.3) is 5.91 Å². The molecule has 0 aliphatic heterocycles. The van der Waals surface area contributed by atoms with Crippen molar-refractivity contribution in [1.29, 1.82) is 0 Å². The highest BCUT2D eigenvalue weighted by molar-refractivity contribution is 6.05. The first kappa shape index (κ1) is 24.0. The maximum Gasteiger partial charge on any atom is 0.573 e. The Morgan fingerprint density at radius 1 is 1.12 bits per heavy atom. The van der Waals surface area contributed by atoms with Crippen LogP contribution in [0.3, 0.4) is 0 Å². The van der Waals surface area contributed by atoms with Gasteiger partial charge in [-0.1, -0.05) is 12.1 Å². The van der Waals surface area contributed by atoms with E-state index in [9.17, 15) is 22.8 Å². The minimum absolute atomic E-state index is 0.0551. The molecule has 0 atom stereocenters. The van der Waals surface area contributed by atoms with E-state index in [1.165, 1.54) is 30.3 Å². The van der Waals surface area contributed by atoms with E-state index in [0.29, 0.717) is 23.8 Å². The molecule has 7 nitrogen and oxygen atoms in total. The van der Waals surface area contributed by atoms with Crippen molar-refractivity contribution in [1.82, 2.24) is 5.32 Å². The van der Waals surface area contributed by atoms with Crippen molar-refractivity contribution in [3.63, 3.8) is 0 Å². The molecule has 2 aromatic rings. The Kier molecular flexibility index (Phi) is 7.47. The maximum atomic E-state index is 12.7. The van der Waals surface area contributed by atoms with Crippen molar-refractivity contribution >= 4 is 23.6 Å². The van der Waals surface area contributed by atoms with E-state index in [1.54, 1.807) is 13.0 Å². The number of halogens is 3. The van der Waals surface area contributed by atoms with Crippen molar-refractivity contribution in [2.45, 2.75) is 26.1 Å². The van der Waals surface area contributed by atoms with Gasteiger partial charge < -0.3 is 25.3 Å². The van der Waals surface area contributed by atoms with E-state index in [2.05, 4.69) is 10.1 Å². The number of hydrogen-bond donors (Lipinski definition) is 2. The molecule has 0 unspecified atom stereocenters. The summed E-state index contributed by atoms with van der Waals surface area (Å²) < 4.78 is 51.4. The third-order valence-electron chi connectivity index (χ3n) is 4.62. The maximum absolute atomic E-state index is 12.7. The van der Waals surface area contributed by atoms with Crippen LogP contribution < -0.4 is 20.5 Å². The van der Waals surface area contributed by atoms with Gasteiger partial charge >= 0.3 is 12.3 Å². The molecular weight excluding hydrogens is 441 g/mol. The Hall–Kier alpha value is -3.69. The minimum Gasteiger partial charge on any atom is -0.493 e. The molecule has 1 aliphatic carbocycles. The Bertz CT molecular complexity index is 1030. The highest BCUT2D eigenvalue weighted by Gasteiger charge is 2.31. The van der Waals surface area contributed by atoms with Gasteiger partial charge in [-0.15, -0.1) is 13.2 Å². The van der Waals surface area contributed by atoms with Crippen LogP contribution in [0.15, 0.2) is 48.2 Å². The highest BCUT2D eigenvalue weighted by Crippen LogP contribution is 2.30. The standard InChI is InChI=1S/C23H23F3N2O5/c1-2-31-22(30)20(11-14-5-7-16(8-6-14)33-23(24,25)26)28-21(29)18-10-9-17(12-19(18)27)32-13-15-3-4-15/h5-12,15H,2-4,13,27H2,1H3,(H,28,29)/b20-11-. The molecule has 3 N–H and O–H groups in total. The van der Waals surface area contributed by atoms with Gasteiger partial charge in [-0.3, -0.25) is 4.79 Å². The topological polar surface area (TPSA) is 99.9 Å². The molecule has 0 aromatic heterocycles. The highest BCUT2D eigenvalue weighted by atomic mass is 19.4. The lowest BCUT2D eigenvalue weighted by molar-refractivity contribution is -0.274. The third-order valence-corrected chi connectivity index (χ3v) is 4.62. The Labute approximate surface area is 188 Å². The molecule has 1 aliphatic rings. The number of nitrogens with one attached hydrogen (secondary N) is 1. The van der Waals surface area contributed by atoms with Crippen LogP contribution in [0.25, 0.3) is 6.08 Å². The summed E-state index contributed by atoms with van der Waals surface area (Å²) in [7, 11) is 0. The lowest BCUT2D eigenvalue weighted by Crippen LogP contribution is -2.29. The average Bonchev–Trinajstić information content (AvgIpc) is 3.57. The van der Waals surface area contributed by atoms with E-state index >= 15 is 0 Å². The van der Waals surface area contributed by atoms with Crippen molar-refractivity contribution in [3.05, 3.63) is 59.3 Å². The van der Waals surface area contributed by atoms with Gasteiger partial charge in [-0.05, 0) is 61.6 Å². The summed E-state index contributed by atoms with van der Waals surface area (Å²) >= 11 is 0. The third kappa shape index (κ3) is 7.44. The molecule has 3 rings (SSSR count). The molecule has 0 radical (unpaired) electrons. The molecule has 1 amide bonds. The molecule has 33 heavy (non-hydrogen) atoms. The van der Waals surface area contributed by atoms with Crippen LogP contribution >= 0.6 is 0 Å². The van der Waals surface area contributed by atoms with Gasteiger partial charge in [0.15, 0.2) is 0 Å². The fourth-order valence-electron chi connectivity index (χ4n) is 2.81. The number of rotatable bonds is 9. The number of alkyl halides is 3. The number of benzene rings is 2. The van der Waals surface area contributed by atoms with Crippen molar-refractivity contribution in [2.24, 2.45) is 5.92 Å². The first-order chi connectivity index (χ1) is 15.6. The number of nitrogens with two attached hydrogens (primary N) is 1. The van der Waals surface area contributed by atoms with Gasteiger partial charge in [-0.25, -0.2) is 4.79 Å². The Morgan fingerprint density at radius 2 is 1.79 bits per heavy atom. The van der Waals surface area contributed by atoms with Crippen LogP contribution in [-0.2, 0) is 9.53 Å². The fourth-order valence-corrected chi connectivity index (χ4v) is 2.81. The molecule has 0 heterocycles. The summed E-state index contributed by atoms with van der Waals surface area (Å²) in [4.78, 5) is 25.1. The summed E-state index contributed by atoms with van der Waals surface area (Å²) in [6.45, 7) is 2.24. The van der Waals surface area contributed by atoms with Crippen molar-refractivity contribution < 1.29 is 37.0 Å². The summed E-state index contributed by atoms with van der Waals surface area (Å²) in [5, 5.41) is 2.46. The van der Waals surface area contributed by atoms with Crippen molar-refractivity contribution in [2.75, 3.05) is 18.9 Å². The lowest BCUT2D eigenvalue weighted by Gasteiger charge is -2.12. The number of carbonyl (C=O) groups is 2. The van der Waals surface area contributed by atoms with Gasteiger partial charge in [0.2, 0.25) is 0 Å². The van der Waals surface area contributed by atoms with E-state index < -0.39 is 24.0 Å². The predicted octanol–water partition coefficient (Wildman–Crippen LogP) is 4.29. The van der Waals surface area contributed by atoms with Crippen LogP contribution in [-0.4, -0.2) is 31.5 Å². The van der Waals surface area contributed by atoms with Crippen LogP contribution in [0.5, 0.6) is 11.5 Å². The first-order valence-electron chi connectivity index (χ1n) is 10.2. The first-order valence-corrected chi connectivity index (χ1v) is 10.2. The Balaban J connectivity index is 1.75. The minimum atomic E-state index is -4.82. The van der Waals surface area contributed by atoms with Gasteiger partial charge in [-0.2, -0.15) is 0 Å². The number of anilines is 1. The number of ether oxygens (including phenoxy) is 3. The SMILES string of the molecule is CCOC(=O)/C(=C/c1ccc(OC(F)(F)F)cc1)NC(=O)c1ccc(OCC2CC2)cc1N.